The monoisotopic (exact) mass is 586 g/mol. The van der Waals surface area contributed by atoms with E-state index in [0.29, 0.717) is 23.9 Å². The third kappa shape index (κ3) is 5.71. The van der Waals surface area contributed by atoms with Crippen molar-refractivity contribution < 1.29 is 14.0 Å². The smallest absolute Gasteiger partial charge is 0.302 e. The molecule has 0 spiro atoms. The number of hydrogen-bond donors (Lipinski definition) is 0. The Kier molecular flexibility index (Phi) is 8.73. The lowest BCUT2D eigenvalue weighted by Crippen LogP contribution is -2.66. The molecular weight excluding hydrogens is 533 g/mol. The van der Waals surface area contributed by atoms with Crippen molar-refractivity contribution >= 4 is 24.7 Å². The van der Waals surface area contributed by atoms with Crippen LogP contribution in [0.1, 0.15) is 99.8 Å². The summed E-state index contributed by atoms with van der Waals surface area (Å²) in [6.07, 6.45) is 12.3. The van der Waals surface area contributed by atoms with Crippen molar-refractivity contribution in [2.24, 2.45) is 28.1 Å². The van der Waals surface area contributed by atoms with E-state index in [1.807, 2.05) is 0 Å². The zero-order chi connectivity index (χ0) is 30.2. The van der Waals surface area contributed by atoms with Crippen molar-refractivity contribution in [1.29, 1.82) is 0 Å². The van der Waals surface area contributed by atoms with Crippen LogP contribution in [-0.4, -0.2) is 27.5 Å². The molecule has 0 aliphatic heterocycles. The van der Waals surface area contributed by atoms with Crippen LogP contribution >= 0.6 is 0 Å². The largest absolute Gasteiger partial charge is 0.465 e. The minimum atomic E-state index is -2.53. The van der Waals surface area contributed by atoms with E-state index in [2.05, 4.69) is 108 Å². The Morgan fingerprint density at radius 3 is 2.10 bits per heavy atom. The quantitative estimate of drug-likeness (QED) is 0.177. The molecule has 3 nitrogen and oxygen atoms in total. The number of allylic oxidation sites excluding steroid dienone is 2. The standard InChI is InChI=1S/C38H54O3Si/c1-29(39)40-28-37(6)22-14-23-38(7)33-21-24-36(5,27-30(33)19-20-34(37)38)25-26-41-42(35(2,3)4,31-15-10-8-11-16-31)32-17-12-9-13-18-32/h8-13,15-18,27,33-34H,14,19-26,28H2,1-7H3/t33-,34-,36+,37-,38+/m0/s1. The van der Waals surface area contributed by atoms with Crippen LogP contribution in [0.5, 0.6) is 0 Å². The van der Waals surface area contributed by atoms with Crippen LogP contribution in [0.15, 0.2) is 72.3 Å². The summed E-state index contributed by atoms with van der Waals surface area (Å²) in [5.74, 6) is 1.12. The van der Waals surface area contributed by atoms with Gasteiger partial charge in [0.25, 0.3) is 8.32 Å². The molecule has 0 N–H and O–H groups in total. The Hall–Kier alpha value is -2.17. The fraction of sp³-hybridized carbons (Fsp3) is 0.605. The first-order valence-electron chi connectivity index (χ1n) is 16.4. The van der Waals surface area contributed by atoms with Crippen molar-refractivity contribution in [1.82, 2.24) is 0 Å². The fourth-order valence-corrected chi connectivity index (χ4v) is 14.1. The maximum absolute atomic E-state index is 11.7. The molecule has 2 fully saturated rings. The summed E-state index contributed by atoms with van der Waals surface area (Å²) in [5.41, 5.74) is 2.25. The summed E-state index contributed by atoms with van der Waals surface area (Å²) in [6.45, 7) is 17.4. The Morgan fingerprint density at radius 1 is 0.905 bits per heavy atom. The number of carbonyl (C=O) groups excluding carboxylic acids is 1. The molecule has 42 heavy (non-hydrogen) atoms. The highest BCUT2D eigenvalue weighted by Crippen LogP contribution is 2.64. The van der Waals surface area contributed by atoms with E-state index in [1.54, 1.807) is 12.5 Å². The van der Waals surface area contributed by atoms with Crippen molar-refractivity contribution in [2.75, 3.05) is 13.2 Å². The summed E-state index contributed by atoms with van der Waals surface area (Å²) < 4.78 is 13.0. The highest BCUT2D eigenvalue weighted by molar-refractivity contribution is 6.99. The lowest BCUT2D eigenvalue weighted by molar-refractivity contribution is -0.153. The summed E-state index contributed by atoms with van der Waals surface area (Å²) in [5, 5.41) is 2.71. The molecule has 4 heteroatoms. The second kappa shape index (κ2) is 11.7. The second-order valence-electron chi connectivity index (χ2n) is 15.6. The molecule has 2 aromatic rings. The zero-order valence-corrected chi connectivity index (χ0v) is 28.3. The van der Waals surface area contributed by atoms with Gasteiger partial charge in [-0.3, -0.25) is 4.79 Å². The molecule has 0 heterocycles. The van der Waals surface area contributed by atoms with E-state index in [4.69, 9.17) is 9.16 Å². The highest BCUT2D eigenvalue weighted by atomic mass is 28.4. The number of ether oxygens (including phenoxy) is 1. The summed E-state index contributed by atoms with van der Waals surface area (Å²) in [7, 11) is -2.53. The molecule has 0 unspecified atom stereocenters. The van der Waals surface area contributed by atoms with Crippen molar-refractivity contribution in [3.63, 3.8) is 0 Å². The van der Waals surface area contributed by atoms with Crippen molar-refractivity contribution in [3.05, 3.63) is 72.3 Å². The average molecular weight is 587 g/mol. The van der Waals surface area contributed by atoms with Crippen LogP contribution in [-0.2, 0) is 14.0 Å². The summed E-state index contributed by atoms with van der Waals surface area (Å²) >= 11 is 0. The van der Waals surface area contributed by atoms with Gasteiger partial charge in [0.1, 0.15) is 0 Å². The molecule has 3 aliphatic rings. The molecule has 5 rings (SSSR count). The molecule has 228 valence electrons. The Balaban J connectivity index is 1.36. The zero-order valence-electron chi connectivity index (χ0n) is 27.3. The molecule has 0 aromatic heterocycles. The highest BCUT2D eigenvalue weighted by Gasteiger charge is 2.56. The van der Waals surface area contributed by atoms with Crippen LogP contribution in [0.4, 0.5) is 0 Å². The average Bonchev–Trinajstić information content (AvgIpc) is 2.94. The molecule has 2 saturated carbocycles. The summed E-state index contributed by atoms with van der Waals surface area (Å²) in [4.78, 5) is 11.7. The first-order chi connectivity index (χ1) is 19.8. The van der Waals surface area contributed by atoms with Gasteiger partial charge in [-0.2, -0.15) is 0 Å². The predicted octanol–water partition coefficient (Wildman–Crippen LogP) is 8.47. The van der Waals surface area contributed by atoms with E-state index < -0.39 is 8.32 Å². The van der Waals surface area contributed by atoms with Crippen LogP contribution < -0.4 is 10.4 Å². The molecule has 5 atom stereocenters. The minimum absolute atomic E-state index is 0.000549. The van der Waals surface area contributed by atoms with Gasteiger partial charge >= 0.3 is 5.97 Å². The topological polar surface area (TPSA) is 35.5 Å². The lowest BCUT2D eigenvalue weighted by Gasteiger charge is -2.60. The molecule has 0 saturated heterocycles. The number of fused-ring (bicyclic) bond motifs is 3. The first-order valence-corrected chi connectivity index (χ1v) is 18.3. The second-order valence-corrected chi connectivity index (χ2v) is 19.9. The molecule has 2 aromatic carbocycles. The van der Waals surface area contributed by atoms with Gasteiger partial charge in [-0.25, -0.2) is 0 Å². The van der Waals surface area contributed by atoms with Crippen LogP contribution in [0, 0.1) is 28.1 Å². The van der Waals surface area contributed by atoms with Gasteiger partial charge in [0, 0.05) is 18.9 Å². The maximum Gasteiger partial charge on any atom is 0.302 e. The Bertz CT molecular complexity index is 1220. The minimum Gasteiger partial charge on any atom is -0.465 e. The lowest BCUT2D eigenvalue weighted by atomic mass is 9.45. The number of rotatable bonds is 8. The maximum atomic E-state index is 11.7. The molecule has 3 aliphatic carbocycles. The predicted molar refractivity (Wildman–Crippen MR) is 177 cm³/mol. The first kappa shape index (κ1) is 31.3. The number of hydrogen-bond acceptors (Lipinski definition) is 3. The third-order valence-corrected chi connectivity index (χ3v) is 16.7. The van der Waals surface area contributed by atoms with E-state index in [-0.39, 0.29) is 21.8 Å². The molecular formula is C38H54O3Si. The van der Waals surface area contributed by atoms with Crippen molar-refractivity contribution in [3.8, 4) is 0 Å². The van der Waals surface area contributed by atoms with Gasteiger partial charge in [-0.1, -0.05) is 120 Å². The SMILES string of the molecule is CC(=O)OC[C@]1(C)CCC[C@]2(C)[C@H]3CC[C@](C)(CCO[Si](c4ccccc4)(c4ccccc4)C(C)(C)C)C=C3CC[C@@H]12. The molecule has 0 amide bonds. The van der Waals surface area contributed by atoms with E-state index in [0.717, 1.165) is 13.0 Å². The third-order valence-electron chi connectivity index (χ3n) is 11.6. The van der Waals surface area contributed by atoms with Gasteiger partial charge in [0.15, 0.2) is 0 Å². The van der Waals surface area contributed by atoms with Gasteiger partial charge < -0.3 is 9.16 Å². The number of benzene rings is 2. The van der Waals surface area contributed by atoms with Crippen molar-refractivity contribution in [2.45, 2.75) is 105 Å². The Labute approximate surface area is 256 Å². The number of esters is 1. The van der Waals surface area contributed by atoms with E-state index >= 15 is 0 Å². The number of carbonyl (C=O) groups is 1. The molecule has 0 bridgehead atoms. The Morgan fingerprint density at radius 2 is 1.52 bits per heavy atom. The van der Waals surface area contributed by atoms with Gasteiger partial charge in [0.2, 0.25) is 0 Å². The summed E-state index contributed by atoms with van der Waals surface area (Å²) in [6, 6.07) is 22.1. The van der Waals surface area contributed by atoms with E-state index in [9.17, 15) is 4.79 Å². The van der Waals surface area contributed by atoms with Crippen LogP contribution in [0.25, 0.3) is 0 Å². The van der Waals surface area contributed by atoms with Crippen LogP contribution in [0.3, 0.4) is 0 Å². The molecule has 0 radical (unpaired) electrons. The van der Waals surface area contributed by atoms with Crippen LogP contribution in [0.2, 0.25) is 5.04 Å². The van der Waals surface area contributed by atoms with Gasteiger partial charge in [-0.05, 0) is 83.0 Å². The van der Waals surface area contributed by atoms with Gasteiger partial charge in [0.05, 0.1) is 6.61 Å². The normalized spacial score (nSPS) is 31.5. The fourth-order valence-electron chi connectivity index (χ4n) is 9.54. The van der Waals surface area contributed by atoms with E-state index in [1.165, 1.54) is 55.3 Å². The van der Waals surface area contributed by atoms with Gasteiger partial charge in [-0.15, -0.1) is 0 Å².